The van der Waals surface area contributed by atoms with Gasteiger partial charge in [-0.05, 0) is 0 Å². The molecule has 0 atom stereocenters. The summed E-state index contributed by atoms with van der Waals surface area (Å²) in [7, 11) is 0. The van der Waals surface area contributed by atoms with Crippen LogP contribution in [0.15, 0.2) is 18.9 Å². The quantitative estimate of drug-likeness (QED) is 0.640. The number of rotatable bonds is 2. The molecule has 0 aliphatic heterocycles. The molecule has 1 rings (SSSR count). The molecule has 0 aliphatic carbocycles. The van der Waals surface area contributed by atoms with Crippen LogP contribution in [0.5, 0.6) is 0 Å². The van der Waals surface area contributed by atoms with E-state index in [1.54, 1.807) is 0 Å². The van der Waals surface area contributed by atoms with Crippen molar-refractivity contribution in [2.24, 2.45) is 0 Å². The Morgan fingerprint density at radius 1 is 1.58 bits per heavy atom. The van der Waals surface area contributed by atoms with Crippen molar-refractivity contribution in [1.29, 1.82) is 0 Å². The normalized spacial score (nSPS) is 11.6. The van der Waals surface area contributed by atoms with Gasteiger partial charge < -0.3 is 0 Å². The van der Waals surface area contributed by atoms with E-state index >= 15 is 0 Å². The molecule has 0 radical (unpaired) electrons. The molecular weight excluding hydrogens is 171 g/mol. The van der Waals surface area contributed by atoms with Crippen molar-refractivity contribution in [3.63, 3.8) is 0 Å². The Balaban J connectivity index is 2.84. The van der Waals surface area contributed by atoms with Crippen LogP contribution in [-0.2, 0) is 12.7 Å². The van der Waals surface area contributed by atoms with E-state index in [-0.39, 0.29) is 6.54 Å². The van der Waals surface area contributed by atoms with Crippen LogP contribution in [0.25, 0.3) is 0 Å². The smallest absolute Gasteiger partial charge is 0.248 e. The summed E-state index contributed by atoms with van der Waals surface area (Å²) in [5.74, 6) is 0. The summed E-state index contributed by atoms with van der Waals surface area (Å²) in [5, 5.41) is 6.19. The fraction of sp³-hybridized carbons (Fsp3) is 0.333. The van der Waals surface area contributed by atoms with Gasteiger partial charge >= 0.3 is 6.18 Å². The van der Waals surface area contributed by atoms with Crippen LogP contribution in [0.1, 0.15) is 5.69 Å². The van der Waals surface area contributed by atoms with Crippen molar-refractivity contribution in [1.82, 2.24) is 15.0 Å². The van der Waals surface area contributed by atoms with E-state index in [2.05, 4.69) is 16.9 Å². The Morgan fingerprint density at radius 2 is 2.25 bits per heavy atom. The van der Waals surface area contributed by atoms with Crippen molar-refractivity contribution in [2.75, 3.05) is 0 Å². The van der Waals surface area contributed by atoms with Crippen LogP contribution in [-0.4, -0.2) is 15.0 Å². The summed E-state index contributed by atoms with van der Waals surface area (Å²) >= 11 is 0. The maximum Gasteiger partial charge on any atom is 0.436 e. The van der Waals surface area contributed by atoms with Gasteiger partial charge in [0.05, 0.1) is 12.7 Å². The van der Waals surface area contributed by atoms with Gasteiger partial charge in [-0.2, -0.15) is 13.2 Å². The minimum atomic E-state index is -4.42. The highest BCUT2D eigenvalue weighted by molar-refractivity contribution is 4.97. The van der Waals surface area contributed by atoms with Gasteiger partial charge in [0.2, 0.25) is 0 Å². The SMILES string of the molecule is C=CCn1cc(C(F)(F)F)nn1. The van der Waals surface area contributed by atoms with Gasteiger partial charge in [0.1, 0.15) is 0 Å². The average molecular weight is 177 g/mol. The number of hydrogen-bond acceptors (Lipinski definition) is 2. The molecule has 12 heavy (non-hydrogen) atoms. The lowest BCUT2D eigenvalue weighted by atomic mass is 10.5. The molecule has 3 nitrogen and oxygen atoms in total. The van der Waals surface area contributed by atoms with Crippen molar-refractivity contribution >= 4 is 0 Å². The molecule has 0 saturated heterocycles. The largest absolute Gasteiger partial charge is 0.436 e. The summed E-state index contributed by atoms with van der Waals surface area (Å²) in [5.41, 5.74) is -0.982. The summed E-state index contributed by atoms with van der Waals surface area (Å²) in [6.07, 6.45) is -2.14. The van der Waals surface area contributed by atoms with E-state index in [1.807, 2.05) is 0 Å². The number of halogens is 3. The third-order valence-corrected chi connectivity index (χ3v) is 1.15. The molecule has 1 aromatic rings. The number of allylic oxidation sites excluding steroid dienone is 1. The molecule has 1 aromatic heterocycles. The molecule has 0 amide bonds. The first-order valence-electron chi connectivity index (χ1n) is 3.12. The average Bonchev–Trinajstić information content (AvgIpc) is 2.35. The molecular formula is C6H6F3N3. The molecule has 0 N–H and O–H groups in total. The highest BCUT2D eigenvalue weighted by atomic mass is 19.4. The Hall–Kier alpha value is -1.33. The second-order valence-electron chi connectivity index (χ2n) is 2.11. The zero-order valence-corrected chi connectivity index (χ0v) is 6.04. The zero-order chi connectivity index (χ0) is 9.19. The predicted molar refractivity (Wildman–Crippen MR) is 35.2 cm³/mol. The Bertz CT molecular complexity index is 276. The van der Waals surface area contributed by atoms with Crippen LogP contribution < -0.4 is 0 Å². The minimum absolute atomic E-state index is 0.225. The van der Waals surface area contributed by atoms with Gasteiger partial charge in [0.25, 0.3) is 0 Å². The number of alkyl halides is 3. The van der Waals surface area contributed by atoms with Gasteiger partial charge in [0.15, 0.2) is 5.69 Å². The number of hydrogen-bond donors (Lipinski definition) is 0. The highest BCUT2D eigenvalue weighted by Gasteiger charge is 2.34. The number of aromatic nitrogens is 3. The van der Waals surface area contributed by atoms with E-state index in [0.717, 1.165) is 10.9 Å². The van der Waals surface area contributed by atoms with E-state index in [9.17, 15) is 13.2 Å². The molecule has 0 aliphatic rings. The molecule has 66 valence electrons. The summed E-state index contributed by atoms with van der Waals surface area (Å²) in [6.45, 7) is 3.58. The van der Waals surface area contributed by atoms with Crippen molar-refractivity contribution in [3.8, 4) is 0 Å². The molecule has 1 heterocycles. The Kier molecular flexibility index (Phi) is 2.16. The van der Waals surface area contributed by atoms with Gasteiger partial charge in [-0.25, -0.2) is 4.68 Å². The van der Waals surface area contributed by atoms with Crippen molar-refractivity contribution in [3.05, 3.63) is 24.5 Å². The van der Waals surface area contributed by atoms with Gasteiger partial charge in [0, 0.05) is 0 Å². The van der Waals surface area contributed by atoms with Crippen LogP contribution in [0.2, 0.25) is 0 Å². The molecule has 0 saturated carbocycles. The Labute approximate surface area is 66.5 Å². The third kappa shape index (κ3) is 1.84. The summed E-state index contributed by atoms with van der Waals surface area (Å²) < 4.78 is 36.8. The first kappa shape index (κ1) is 8.76. The first-order valence-corrected chi connectivity index (χ1v) is 3.12. The number of nitrogens with zero attached hydrogens (tertiary/aromatic N) is 3. The standard InChI is InChI=1S/C6H6F3N3/c1-2-3-12-4-5(10-11-12)6(7,8)9/h2,4H,1,3H2. The van der Waals surface area contributed by atoms with Gasteiger partial charge in [-0.3, -0.25) is 0 Å². The third-order valence-electron chi connectivity index (χ3n) is 1.15. The zero-order valence-electron chi connectivity index (χ0n) is 6.04. The van der Waals surface area contributed by atoms with E-state index in [4.69, 9.17) is 0 Å². The maximum absolute atomic E-state index is 11.9. The second kappa shape index (κ2) is 2.96. The lowest BCUT2D eigenvalue weighted by molar-refractivity contribution is -0.141. The van der Waals surface area contributed by atoms with E-state index in [1.165, 1.54) is 6.08 Å². The maximum atomic E-state index is 11.9. The highest BCUT2D eigenvalue weighted by Crippen LogP contribution is 2.26. The van der Waals surface area contributed by atoms with Crippen LogP contribution in [0, 0.1) is 0 Å². The van der Waals surface area contributed by atoms with Crippen LogP contribution >= 0.6 is 0 Å². The molecule has 0 spiro atoms. The van der Waals surface area contributed by atoms with Crippen molar-refractivity contribution < 1.29 is 13.2 Å². The van der Waals surface area contributed by atoms with Gasteiger partial charge in [-0.15, -0.1) is 11.7 Å². The van der Waals surface area contributed by atoms with Gasteiger partial charge in [-0.1, -0.05) is 11.3 Å². The lowest BCUT2D eigenvalue weighted by Gasteiger charge is -1.98. The molecule has 0 aromatic carbocycles. The van der Waals surface area contributed by atoms with Crippen LogP contribution in [0.4, 0.5) is 13.2 Å². The summed E-state index contributed by atoms with van der Waals surface area (Å²) in [4.78, 5) is 0. The second-order valence-corrected chi connectivity index (χ2v) is 2.11. The Morgan fingerprint density at radius 3 is 2.67 bits per heavy atom. The molecule has 6 heteroatoms. The fourth-order valence-electron chi connectivity index (χ4n) is 0.650. The fourth-order valence-corrected chi connectivity index (χ4v) is 0.650. The minimum Gasteiger partial charge on any atom is -0.248 e. The van der Waals surface area contributed by atoms with Crippen LogP contribution in [0.3, 0.4) is 0 Å². The molecule has 0 fully saturated rings. The monoisotopic (exact) mass is 177 g/mol. The summed E-state index contributed by atoms with van der Waals surface area (Å²) in [6, 6.07) is 0. The molecule has 0 bridgehead atoms. The topological polar surface area (TPSA) is 30.7 Å². The molecule has 0 unspecified atom stereocenters. The predicted octanol–water partition coefficient (Wildman–Crippen LogP) is 1.48. The van der Waals surface area contributed by atoms with E-state index < -0.39 is 11.9 Å². The first-order chi connectivity index (χ1) is 5.54. The van der Waals surface area contributed by atoms with Crippen molar-refractivity contribution in [2.45, 2.75) is 12.7 Å². The lowest BCUT2D eigenvalue weighted by Crippen LogP contribution is -2.05. The van der Waals surface area contributed by atoms with E-state index in [0.29, 0.717) is 0 Å².